The van der Waals surface area contributed by atoms with Crippen molar-refractivity contribution in [3.63, 3.8) is 0 Å². The van der Waals surface area contributed by atoms with Gasteiger partial charge in [-0.15, -0.1) is 0 Å². The lowest BCUT2D eigenvalue weighted by molar-refractivity contribution is 0.101. The third-order valence-electron chi connectivity index (χ3n) is 3.51. The van der Waals surface area contributed by atoms with Crippen molar-refractivity contribution in [3.8, 4) is 11.6 Å². The van der Waals surface area contributed by atoms with Crippen LogP contribution in [0.3, 0.4) is 0 Å². The van der Waals surface area contributed by atoms with E-state index >= 15 is 0 Å². The summed E-state index contributed by atoms with van der Waals surface area (Å²) >= 11 is 6.21. The normalized spacial score (nSPS) is 11.7. The molecule has 2 heterocycles. The number of ether oxygens (including phenoxy) is 1. The second kappa shape index (κ2) is 5.87. The van der Waals surface area contributed by atoms with E-state index in [9.17, 15) is 4.79 Å². The zero-order valence-corrected chi connectivity index (χ0v) is 14.6. The molecule has 0 aliphatic rings. The van der Waals surface area contributed by atoms with Crippen molar-refractivity contribution in [1.29, 1.82) is 0 Å². The first-order valence-electron chi connectivity index (χ1n) is 7.45. The van der Waals surface area contributed by atoms with Gasteiger partial charge in [0.25, 0.3) is 0 Å². The maximum absolute atomic E-state index is 11.4. The molecule has 2 aromatic heterocycles. The molecule has 24 heavy (non-hydrogen) atoms. The minimum atomic E-state index is -0.214. The number of carbonyl (C=O) groups is 1. The number of Topliss-reactive ketones (excluding diaryl/α,β-unsaturated/α-hetero) is 1. The number of rotatable bonds is 3. The van der Waals surface area contributed by atoms with E-state index in [1.807, 2.05) is 25.5 Å². The molecule has 0 saturated heterocycles. The first-order chi connectivity index (χ1) is 11.3. The molecule has 124 valence electrons. The Balaban J connectivity index is 2.02. The SMILES string of the molecule is CC(=O)c1ccc(Oc2ncnc3c2cnn3C(C)(C)C)c(Cl)c1. The van der Waals surface area contributed by atoms with Crippen LogP contribution in [0.4, 0.5) is 0 Å². The molecular weight excluding hydrogens is 328 g/mol. The minimum Gasteiger partial charge on any atom is -0.437 e. The Morgan fingerprint density at radius 3 is 2.62 bits per heavy atom. The fraction of sp³-hybridized carbons (Fsp3) is 0.294. The van der Waals surface area contributed by atoms with Crippen LogP contribution < -0.4 is 4.74 Å². The molecule has 0 bridgehead atoms. The average Bonchev–Trinajstić information content (AvgIpc) is 2.94. The number of halogens is 1. The van der Waals surface area contributed by atoms with Gasteiger partial charge in [-0.3, -0.25) is 4.79 Å². The van der Waals surface area contributed by atoms with Crippen molar-refractivity contribution >= 4 is 28.4 Å². The van der Waals surface area contributed by atoms with Crippen LogP contribution in [-0.2, 0) is 5.54 Å². The fourth-order valence-electron chi connectivity index (χ4n) is 2.30. The smallest absolute Gasteiger partial charge is 0.233 e. The molecule has 0 aliphatic heterocycles. The summed E-state index contributed by atoms with van der Waals surface area (Å²) in [5, 5.41) is 5.42. The fourth-order valence-corrected chi connectivity index (χ4v) is 2.52. The average molecular weight is 345 g/mol. The van der Waals surface area contributed by atoms with Gasteiger partial charge in [0.05, 0.1) is 16.8 Å². The number of hydrogen-bond acceptors (Lipinski definition) is 5. The Morgan fingerprint density at radius 2 is 2.00 bits per heavy atom. The van der Waals surface area contributed by atoms with Gasteiger partial charge in [-0.25, -0.2) is 14.6 Å². The van der Waals surface area contributed by atoms with E-state index in [1.165, 1.54) is 13.3 Å². The van der Waals surface area contributed by atoms with E-state index in [1.54, 1.807) is 24.4 Å². The molecule has 0 amide bonds. The maximum atomic E-state index is 11.4. The first kappa shape index (κ1) is 16.4. The van der Waals surface area contributed by atoms with Crippen LogP contribution in [0.2, 0.25) is 5.02 Å². The van der Waals surface area contributed by atoms with Crippen LogP contribution in [0.15, 0.2) is 30.7 Å². The first-order valence-corrected chi connectivity index (χ1v) is 7.83. The van der Waals surface area contributed by atoms with Gasteiger partial charge in [0, 0.05) is 5.56 Å². The van der Waals surface area contributed by atoms with Gasteiger partial charge < -0.3 is 4.74 Å². The molecule has 0 saturated carbocycles. The van der Waals surface area contributed by atoms with E-state index in [2.05, 4.69) is 15.1 Å². The molecule has 0 spiro atoms. The van der Waals surface area contributed by atoms with Crippen LogP contribution in [-0.4, -0.2) is 25.5 Å². The van der Waals surface area contributed by atoms with Gasteiger partial charge in [0.2, 0.25) is 5.88 Å². The lowest BCUT2D eigenvalue weighted by Gasteiger charge is -2.19. The standard InChI is InChI=1S/C17H17ClN4O2/c1-10(23)11-5-6-14(13(18)7-11)24-16-12-8-21-22(17(2,3)4)15(12)19-9-20-16/h5-9H,1-4H3. The number of ketones is 1. The lowest BCUT2D eigenvalue weighted by atomic mass is 10.1. The highest BCUT2D eigenvalue weighted by Gasteiger charge is 2.20. The van der Waals surface area contributed by atoms with Crippen molar-refractivity contribution in [2.75, 3.05) is 0 Å². The maximum Gasteiger partial charge on any atom is 0.233 e. The van der Waals surface area contributed by atoms with E-state index < -0.39 is 0 Å². The summed E-state index contributed by atoms with van der Waals surface area (Å²) in [6.07, 6.45) is 3.10. The molecule has 1 aromatic carbocycles. The molecule has 6 nitrogen and oxygen atoms in total. The van der Waals surface area contributed by atoms with E-state index in [0.717, 1.165) is 0 Å². The summed E-state index contributed by atoms with van der Waals surface area (Å²) in [5.41, 5.74) is 0.999. The molecule has 0 unspecified atom stereocenters. The van der Waals surface area contributed by atoms with Gasteiger partial charge in [-0.1, -0.05) is 11.6 Å². The number of hydrogen-bond donors (Lipinski definition) is 0. The van der Waals surface area contributed by atoms with Crippen LogP contribution in [0.5, 0.6) is 11.6 Å². The van der Waals surface area contributed by atoms with E-state index in [0.29, 0.717) is 33.2 Å². The van der Waals surface area contributed by atoms with Gasteiger partial charge >= 0.3 is 0 Å². The molecule has 3 aromatic rings. The minimum absolute atomic E-state index is 0.0562. The Hall–Kier alpha value is -2.47. The Morgan fingerprint density at radius 1 is 1.25 bits per heavy atom. The highest BCUT2D eigenvalue weighted by atomic mass is 35.5. The summed E-state index contributed by atoms with van der Waals surface area (Å²) in [6.45, 7) is 7.61. The number of fused-ring (bicyclic) bond motifs is 1. The second-order valence-electron chi connectivity index (χ2n) is 6.45. The number of nitrogens with zero attached hydrogens (tertiary/aromatic N) is 4. The topological polar surface area (TPSA) is 69.9 Å². The highest BCUT2D eigenvalue weighted by molar-refractivity contribution is 6.32. The Bertz CT molecular complexity index is 928. The number of carbonyl (C=O) groups excluding carboxylic acids is 1. The Labute approximate surface area is 144 Å². The number of aromatic nitrogens is 4. The van der Waals surface area contributed by atoms with Gasteiger partial charge in [0.1, 0.15) is 17.5 Å². The van der Waals surface area contributed by atoms with E-state index in [4.69, 9.17) is 16.3 Å². The van der Waals surface area contributed by atoms with Crippen molar-refractivity contribution in [3.05, 3.63) is 41.3 Å². The van der Waals surface area contributed by atoms with E-state index in [-0.39, 0.29) is 11.3 Å². The van der Waals surface area contributed by atoms with Crippen LogP contribution in [0.25, 0.3) is 11.0 Å². The molecule has 0 fully saturated rings. The summed E-state index contributed by atoms with van der Waals surface area (Å²) in [7, 11) is 0. The van der Waals surface area contributed by atoms with Crippen LogP contribution >= 0.6 is 11.6 Å². The zero-order valence-electron chi connectivity index (χ0n) is 13.9. The number of benzene rings is 1. The van der Waals surface area contributed by atoms with Gasteiger partial charge in [-0.2, -0.15) is 5.10 Å². The molecule has 0 N–H and O–H groups in total. The zero-order chi connectivity index (χ0) is 17.5. The van der Waals surface area contributed by atoms with Crippen molar-refractivity contribution in [2.24, 2.45) is 0 Å². The van der Waals surface area contributed by atoms with Crippen LogP contribution in [0, 0.1) is 0 Å². The highest BCUT2D eigenvalue weighted by Crippen LogP contribution is 2.33. The predicted octanol–water partition coefficient (Wildman–Crippen LogP) is 4.23. The van der Waals surface area contributed by atoms with Crippen molar-refractivity contribution < 1.29 is 9.53 Å². The lowest BCUT2D eigenvalue weighted by Crippen LogP contribution is -2.23. The molecule has 7 heteroatoms. The molecular formula is C17H17ClN4O2. The molecule has 0 atom stereocenters. The summed E-state index contributed by atoms with van der Waals surface area (Å²) in [4.78, 5) is 19.9. The molecule has 3 rings (SSSR count). The Kier molecular flexibility index (Phi) is 4.01. The largest absolute Gasteiger partial charge is 0.437 e. The van der Waals surface area contributed by atoms with Gasteiger partial charge in [-0.05, 0) is 45.9 Å². The predicted molar refractivity (Wildman–Crippen MR) is 91.8 cm³/mol. The summed E-state index contributed by atoms with van der Waals surface area (Å²) < 4.78 is 7.65. The monoisotopic (exact) mass is 344 g/mol. The third kappa shape index (κ3) is 2.97. The van der Waals surface area contributed by atoms with Crippen molar-refractivity contribution in [2.45, 2.75) is 33.2 Å². The summed E-state index contributed by atoms with van der Waals surface area (Å²) in [5.74, 6) is 0.734. The summed E-state index contributed by atoms with van der Waals surface area (Å²) in [6, 6.07) is 4.90. The van der Waals surface area contributed by atoms with Crippen molar-refractivity contribution in [1.82, 2.24) is 19.7 Å². The molecule has 0 radical (unpaired) electrons. The molecule has 0 aliphatic carbocycles. The third-order valence-corrected chi connectivity index (χ3v) is 3.81. The quantitative estimate of drug-likeness (QED) is 0.665. The van der Waals surface area contributed by atoms with Crippen LogP contribution in [0.1, 0.15) is 38.1 Å². The van der Waals surface area contributed by atoms with Gasteiger partial charge in [0.15, 0.2) is 11.4 Å². The second-order valence-corrected chi connectivity index (χ2v) is 6.85.